The van der Waals surface area contributed by atoms with Crippen LogP contribution in [0.15, 0.2) is 25.6 Å². The van der Waals surface area contributed by atoms with Crippen molar-refractivity contribution in [1.29, 1.82) is 0 Å². The summed E-state index contributed by atoms with van der Waals surface area (Å²) in [7, 11) is 3.10. The molecule has 0 radical (unpaired) electrons. The molecule has 1 saturated heterocycles. The van der Waals surface area contributed by atoms with Gasteiger partial charge in [-0.15, -0.1) is 0 Å². The maximum absolute atomic E-state index is 3.95. The summed E-state index contributed by atoms with van der Waals surface area (Å²) >= 11 is 0. The van der Waals surface area contributed by atoms with E-state index in [4.69, 9.17) is 0 Å². The predicted octanol–water partition coefficient (Wildman–Crippen LogP) is 0.881. The van der Waals surface area contributed by atoms with Crippen molar-refractivity contribution in [3.05, 3.63) is 25.6 Å². The highest BCUT2D eigenvalue weighted by Gasteiger charge is 2.68. The van der Waals surface area contributed by atoms with Gasteiger partial charge in [0.25, 0.3) is 0 Å². The van der Waals surface area contributed by atoms with Gasteiger partial charge in [-0.3, -0.25) is 0 Å². The Hall–Kier alpha value is -0.166. The molecule has 0 saturated carbocycles. The molecule has 1 aliphatic heterocycles. The minimum Gasteiger partial charge on any atom is -0.331 e. The fraction of sp³-hybridized carbons (Fsp3) is 0.500. The number of hydrogen-bond donors (Lipinski definition) is 0. The normalized spacial score (nSPS) is 52.7. The van der Waals surface area contributed by atoms with E-state index in [1.807, 2.05) is 0 Å². The van der Waals surface area contributed by atoms with Gasteiger partial charge in [-0.2, -0.15) is 0 Å². The van der Waals surface area contributed by atoms with Crippen molar-refractivity contribution in [1.82, 2.24) is 0 Å². The number of quaternary nitrogens is 2. The van der Waals surface area contributed by atoms with Gasteiger partial charge >= 0.3 is 18.2 Å². The van der Waals surface area contributed by atoms with Crippen LogP contribution in [0.1, 0.15) is 0 Å². The lowest BCUT2D eigenvalue weighted by atomic mass is 11.0. The van der Waals surface area contributed by atoms with Crippen molar-refractivity contribution in [2.75, 3.05) is 14.1 Å². The molecule has 2 nitrogen and oxygen atoms in total. The lowest BCUT2D eigenvalue weighted by Gasteiger charge is -2.59. The molecule has 1 fully saturated rings. The molecule has 1 rings (SSSR count). The van der Waals surface area contributed by atoms with E-state index in [1.54, 1.807) is 0 Å². The quantitative estimate of drug-likeness (QED) is 0.581. The molecule has 0 aromatic rings. The third-order valence-corrected chi connectivity index (χ3v) is 16.5. The molecule has 1 heterocycles. The highest BCUT2D eigenvalue weighted by Crippen LogP contribution is 2.35. The maximum Gasteiger partial charge on any atom is 0.487 e. The SMILES string of the molecule is C=C[N+]1(C)[SiH](C)[N+](C)(C=C)[SiH]1C. The molecule has 0 atom stereocenters. The minimum atomic E-state index is -0.786. The fourth-order valence-electron chi connectivity index (χ4n) is 2.24. The molecule has 0 spiro atoms. The molecule has 0 aromatic heterocycles. The Labute approximate surface area is 79.1 Å². The predicted molar refractivity (Wildman–Crippen MR) is 58.8 cm³/mol. The molecule has 0 amide bonds. The summed E-state index contributed by atoms with van der Waals surface area (Å²) in [5, 5.41) is 0. The zero-order valence-corrected chi connectivity index (χ0v) is 10.9. The number of nitrogens with zero attached hydrogens (tertiary/aromatic N) is 2. The summed E-state index contributed by atoms with van der Waals surface area (Å²) in [6, 6.07) is 0. The Kier molecular flexibility index (Phi) is 2.20. The first kappa shape index (κ1) is 9.92. The number of rotatable bonds is 2. The van der Waals surface area contributed by atoms with Crippen LogP contribution in [0.3, 0.4) is 0 Å². The molecule has 4 heteroatoms. The zero-order chi connectivity index (χ0) is 9.57. The first-order chi connectivity index (χ1) is 5.43. The molecule has 1 aliphatic rings. The second-order valence-electron chi connectivity index (χ2n) is 4.07. The van der Waals surface area contributed by atoms with Gasteiger partial charge in [-0.05, 0) is 13.2 Å². The molecule has 0 aliphatic carbocycles. The van der Waals surface area contributed by atoms with Crippen LogP contribution in [0.25, 0.3) is 0 Å². The van der Waals surface area contributed by atoms with Gasteiger partial charge < -0.3 is 7.63 Å². The number of hydrogen-bond acceptors (Lipinski definition) is 0. The highest BCUT2D eigenvalue weighted by atomic mass is 28.4. The Morgan fingerprint density at radius 3 is 1.33 bits per heavy atom. The van der Waals surface area contributed by atoms with Crippen molar-refractivity contribution in [2.24, 2.45) is 0 Å². The molecule has 0 unspecified atom stereocenters. The summed E-state index contributed by atoms with van der Waals surface area (Å²) in [6.07, 6.45) is 4.30. The lowest BCUT2D eigenvalue weighted by molar-refractivity contribution is -0.877. The molecule has 0 N–H and O–H groups in total. The van der Waals surface area contributed by atoms with E-state index in [9.17, 15) is 0 Å². The molecule has 68 valence electrons. The van der Waals surface area contributed by atoms with E-state index >= 15 is 0 Å². The van der Waals surface area contributed by atoms with Gasteiger partial charge in [0.2, 0.25) is 0 Å². The molecular formula is C8H20N2Si2+2. The van der Waals surface area contributed by atoms with E-state index in [2.05, 4.69) is 52.7 Å². The van der Waals surface area contributed by atoms with Crippen molar-refractivity contribution < 1.29 is 7.63 Å². The standard InChI is InChI=1S/C8H20N2Si2/c1-7-9(3)11(5)10(4,8-2)12(9)6/h7-8,11-12H,1-2H2,3-6H3/q+2. The van der Waals surface area contributed by atoms with Crippen LogP contribution in [0.4, 0.5) is 0 Å². The first-order valence-electron chi connectivity index (χ1n) is 4.41. The molecule has 12 heavy (non-hydrogen) atoms. The average molecular weight is 200 g/mol. The van der Waals surface area contributed by atoms with Crippen molar-refractivity contribution in [3.63, 3.8) is 0 Å². The van der Waals surface area contributed by atoms with Crippen LogP contribution >= 0.6 is 0 Å². The summed E-state index contributed by atoms with van der Waals surface area (Å²) in [5.41, 5.74) is 0. The highest BCUT2D eigenvalue weighted by molar-refractivity contribution is 6.69. The van der Waals surface area contributed by atoms with Gasteiger partial charge in [0.05, 0.1) is 12.4 Å². The van der Waals surface area contributed by atoms with Crippen LogP contribution < -0.4 is 0 Å². The Morgan fingerprint density at radius 2 is 1.17 bits per heavy atom. The van der Waals surface area contributed by atoms with E-state index in [-0.39, 0.29) is 0 Å². The molecule has 0 bridgehead atoms. The van der Waals surface area contributed by atoms with E-state index in [1.165, 1.54) is 7.63 Å². The third-order valence-electron chi connectivity index (χ3n) is 4.01. The Bertz CT molecular complexity index is 195. The maximum atomic E-state index is 3.95. The Morgan fingerprint density at radius 1 is 0.917 bits per heavy atom. The Balaban J connectivity index is 2.95. The smallest absolute Gasteiger partial charge is 0.331 e. The van der Waals surface area contributed by atoms with Crippen LogP contribution in [-0.4, -0.2) is 40.0 Å². The molecular weight excluding hydrogens is 180 g/mol. The van der Waals surface area contributed by atoms with Gasteiger partial charge in [-0.25, -0.2) is 0 Å². The summed E-state index contributed by atoms with van der Waals surface area (Å²) in [6.45, 7) is 12.7. The van der Waals surface area contributed by atoms with E-state index in [0.29, 0.717) is 0 Å². The monoisotopic (exact) mass is 200 g/mol. The second kappa shape index (κ2) is 2.66. The average Bonchev–Trinajstić information content (AvgIpc) is 2.13. The van der Waals surface area contributed by atoms with Crippen molar-refractivity contribution in [2.45, 2.75) is 13.1 Å². The fourth-order valence-corrected chi connectivity index (χ4v) is 13.0. The van der Waals surface area contributed by atoms with Gasteiger partial charge in [0.1, 0.15) is 0 Å². The second-order valence-corrected chi connectivity index (χ2v) is 12.2. The van der Waals surface area contributed by atoms with Gasteiger partial charge in [-0.1, -0.05) is 0 Å². The van der Waals surface area contributed by atoms with E-state index < -0.39 is 18.2 Å². The molecule has 0 aromatic carbocycles. The zero-order valence-electron chi connectivity index (χ0n) is 8.62. The topological polar surface area (TPSA) is 0 Å². The van der Waals surface area contributed by atoms with Gasteiger partial charge in [0, 0.05) is 27.2 Å². The summed E-state index contributed by atoms with van der Waals surface area (Å²) < 4.78 is 2.42. The first-order valence-corrected chi connectivity index (χ1v) is 8.79. The summed E-state index contributed by atoms with van der Waals surface area (Å²) in [5.74, 6) is 0. The van der Waals surface area contributed by atoms with E-state index in [0.717, 1.165) is 0 Å². The lowest BCUT2D eigenvalue weighted by Crippen LogP contribution is -2.89. The van der Waals surface area contributed by atoms with Crippen LogP contribution in [0.2, 0.25) is 13.1 Å². The van der Waals surface area contributed by atoms with Crippen LogP contribution in [-0.2, 0) is 0 Å². The summed E-state index contributed by atoms with van der Waals surface area (Å²) in [4.78, 5) is 0. The van der Waals surface area contributed by atoms with Gasteiger partial charge in [0.15, 0.2) is 0 Å². The third kappa shape index (κ3) is 0.862. The largest absolute Gasteiger partial charge is 0.487 e. The van der Waals surface area contributed by atoms with Crippen molar-refractivity contribution in [3.8, 4) is 0 Å². The van der Waals surface area contributed by atoms with Crippen molar-refractivity contribution >= 4 is 18.2 Å². The van der Waals surface area contributed by atoms with Crippen LogP contribution in [0.5, 0.6) is 0 Å². The minimum absolute atomic E-state index is 0.786. The van der Waals surface area contributed by atoms with Crippen LogP contribution in [0, 0.1) is 0 Å².